The number of hydrogen-bond acceptors (Lipinski definition) is 5. The molecule has 0 atom stereocenters. The van der Waals surface area contributed by atoms with Crippen molar-refractivity contribution in [2.75, 3.05) is 39.8 Å². The summed E-state index contributed by atoms with van der Waals surface area (Å²) in [5.41, 5.74) is 0.869. The summed E-state index contributed by atoms with van der Waals surface area (Å²) in [5, 5.41) is 3.87. The molecule has 0 amide bonds. The molecule has 1 aliphatic rings. The van der Waals surface area contributed by atoms with Crippen molar-refractivity contribution in [3.8, 4) is 0 Å². The molecule has 0 spiro atoms. The van der Waals surface area contributed by atoms with Crippen molar-refractivity contribution >= 4 is 10.2 Å². The van der Waals surface area contributed by atoms with E-state index in [9.17, 15) is 8.42 Å². The van der Waals surface area contributed by atoms with Crippen molar-refractivity contribution in [2.45, 2.75) is 33.2 Å². The molecule has 0 aromatic carbocycles. The highest BCUT2D eigenvalue weighted by atomic mass is 32.2. The molecule has 0 unspecified atom stereocenters. The summed E-state index contributed by atoms with van der Waals surface area (Å²) in [6.07, 6.45) is 1.88. The van der Waals surface area contributed by atoms with Gasteiger partial charge in [0, 0.05) is 45.8 Å². The summed E-state index contributed by atoms with van der Waals surface area (Å²) in [6.45, 7) is 7.67. The number of aromatic nitrogens is 1. The van der Waals surface area contributed by atoms with Gasteiger partial charge in [0.05, 0.1) is 12.2 Å². The standard InChI is InChI=1S/C14H26N4O3S/c1-4-5-6-16(3)22(19,20)18-9-7-17(8-10-18)12-14-11-13(2)15-21-14/h11H,4-10,12H2,1-3H3. The van der Waals surface area contributed by atoms with Crippen LogP contribution in [0.3, 0.4) is 0 Å². The highest BCUT2D eigenvalue weighted by Gasteiger charge is 2.30. The van der Waals surface area contributed by atoms with Gasteiger partial charge in [0.2, 0.25) is 0 Å². The Balaban J connectivity index is 1.85. The van der Waals surface area contributed by atoms with Crippen LogP contribution in [0.25, 0.3) is 0 Å². The zero-order valence-corrected chi connectivity index (χ0v) is 14.5. The molecule has 0 radical (unpaired) electrons. The van der Waals surface area contributed by atoms with E-state index in [4.69, 9.17) is 4.52 Å². The average Bonchev–Trinajstić information content (AvgIpc) is 2.90. The maximum atomic E-state index is 12.5. The van der Waals surface area contributed by atoms with E-state index in [1.807, 2.05) is 13.0 Å². The average molecular weight is 330 g/mol. The first-order chi connectivity index (χ1) is 10.4. The Kier molecular flexibility index (Phi) is 5.96. The Hall–Kier alpha value is -0.960. The molecule has 1 aromatic rings. The number of hydrogen-bond donors (Lipinski definition) is 0. The molecule has 1 aromatic heterocycles. The minimum atomic E-state index is -3.32. The fourth-order valence-electron chi connectivity index (χ4n) is 2.52. The molecule has 8 heteroatoms. The third kappa shape index (κ3) is 4.28. The van der Waals surface area contributed by atoms with Gasteiger partial charge in [-0.3, -0.25) is 4.90 Å². The van der Waals surface area contributed by atoms with Gasteiger partial charge >= 0.3 is 0 Å². The highest BCUT2D eigenvalue weighted by molar-refractivity contribution is 7.86. The summed E-state index contributed by atoms with van der Waals surface area (Å²) in [7, 11) is -1.66. The minimum Gasteiger partial charge on any atom is -0.360 e. The Morgan fingerprint density at radius 2 is 2.00 bits per heavy atom. The second kappa shape index (κ2) is 7.54. The van der Waals surface area contributed by atoms with Crippen molar-refractivity contribution < 1.29 is 12.9 Å². The van der Waals surface area contributed by atoms with E-state index < -0.39 is 10.2 Å². The lowest BCUT2D eigenvalue weighted by Crippen LogP contribution is -2.52. The van der Waals surface area contributed by atoms with E-state index in [1.54, 1.807) is 11.4 Å². The third-order valence-corrected chi connectivity index (χ3v) is 5.92. The van der Waals surface area contributed by atoms with Crippen molar-refractivity contribution in [2.24, 2.45) is 0 Å². The number of piperazine rings is 1. The zero-order valence-electron chi connectivity index (χ0n) is 13.7. The lowest BCUT2D eigenvalue weighted by atomic mass is 10.3. The molecule has 126 valence electrons. The Labute approximate surface area is 133 Å². The molecule has 0 N–H and O–H groups in total. The topological polar surface area (TPSA) is 69.9 Å². The summed E-state index contributed by atoms with van der Waals surface area (Å²) < 4.78 is 33.2. The van der Waals surface area contributed by atoms with E-state index >= 15 is 0 Å². The van der Waals surface area contributed by atoms with Gasteiger partial charge in [-0.2, -0.15) is 17.0 Å². The summed E-state index contributed by atoms with van der Waals surface area (Å²) in [5.74, 6) is 0.828. The first kappa shape index (κ1) is 17.4. The largest absolute Gasteiger partial charge is 0.360 e. The van der Waals surface area contributed by atoms with Crippen LogP contribution in [0.2, 0.25) is 0 Å². The van der Waals surface area contributed by atoms with Crippen LogP contribution in [0.1, 0.15) is 31.2 Å². The van der Waals surface area contributed by atoms with Gasteiger partial charge in [0.25, 0.3) is 10.2 Å². The Morgan fingerprint density at radius 1 is 1.32 bits per heavy atom. The Bertz CT molecular complexity index is 564. The summed E-state index contributed by atoms with van der Waals surface area (Å²) >= 11 is 0. The van der Waals surface area contributed by atoms with Gasteiger partial charge in [0.15, 0.2) is 5.76 Å². The molecule has 1 aliphatic heterocycles. The van der Waals surface area contributed by atoms with Gasteiger partial charge in [-0.25, -0.2) is 0 Å². The van der Waals surface area contributed by atoms with Crippen LogP contribution < -0.4 is 0 Å². The monoisotopic (exact) mass is 330 g/mol. The van der Waals surface area contributed by atoms with Crippen molar-refractivity contribution in [3.63, 3.8) is 0 Å². The van der Waals surface area contributed by atoms with E-state index in [1.165, 1.54) is 4.31 Å². The van der Waals surface area contributed by atoms with Crippen LogP contribution in [-0.2, 0) is 16.8 Å². The molecule has 2 rings (SSSR count). The van der Waals surface area contributed by atoms with Crippen LogP contribution in [0, 0.1) is 6.92 Å². The minimum absolute atomic E-state index is 0.520. The molecular formula is C14H26N4O3S. The number of nitrogens with zero attached hydrogens (tertiary/aromatic N) is 4. The van der Waals surface area contributed by atoms with E-state index in [0.29, 0.717) is 39.3 Å². The number of aryl methyl sites for hydroxylation is 1. The molecule has 0 aliphatic carbocycles. The second-order valence-corrected chi connectivity index (χ2v) is 7.83. The molecule has 0 saturated carbocycles. The molecule has 1 saturated heterocycles. The first-order valence-electron chi connectivity index (χ1n) is 7.79. The van der Waals surface area contributed by atoms with Crippen molar-refractivity contribution in [3.05, 3.63) is 17.5 Å². The van der Waals surface area contributed by atoms with Crippen LogP contribution in [-0.4, -0.2) is 66.9 Å². The third-order valence-electron chi connectivity index (χ3n) is 3.93. The fourth-order valence-corrected chi connectivity index (χ4v) is 3.90. The number of rotatable bonds is 7. The highest BCUT2D eigenvalue weighted by Crippen LogP contribution is 2.14. The van der Waals surface area contributed by atoms with Crippen LogP contribution in [0.5, 0.6) is 0 Å². The molecule has 0 bridgehead atoms. The van der Waals surface area contributed by atoms with Crippen molar-refractivity contribution in [1.82, 2.24) is 18.7 Å². The van der Waals surface area contributed by atoms with E-state index in [0.717, 1.165) is 24.3 Å². The van der Waals surface area contributed by atoms with Crippen LogP contribution >= 0.6 is 0 Å². The normalized spacial score (nSPS) is 18.2. The Morgan fingerprint density at radius 3 is 2.55 bits per heavy atom. The lowest BCUT2D eigenvalue weighted by Gasteiger charge is -2.35. The molecule has 7 nitrogen and oxygen atoms in total. The maximum Gasteiger partial charge on any atom is 0.281 e. The van der Waals surface area contributed by atoms with Gasteiger partial charge in [-0.1, -0.05) is 18.5 Å². The van der Waals surface area contributed by atoms with E-state index in [-0.39, 0.29) is 0 Å². The van der Waals surface area contributed by atoms with Crippen molar-refractivity contribution in [1.29, 1.82) is 0 Å². The maximum absolute atomic E-state index is 12.5. The summed E-state index contributed by atoms with van der Waals surface area (Å²) in [4.78, 5) is 2.19. The van der Waals surface area contributed by atoms with E-state index in [2.05, 4.69) is 17.0 Å². The van der Waals surface area contributed by atoms with Gasteiger partial charge in [0.1, 0.15) is 0 Å². The molecule has 22 heavy (non-hydrogen) atoms. The smallest absolute Gasteiger partial charge is 0.281 e. The predicted molar refractivity (Wildman–Crippen MR) is 84.5 cm³/mol. The molecule has 2 heterocycles. The second-order valence-electron chi connectivity index (χ2n) is 5.79. The lowest BCUT2D eigenvalue weighted by molar-refractivity contribution is 0.161. The fraction of sp³-hybridized carbons (Fsp3) is 0.786. The SMILES string of the molecule is CCCCN(C)S(=O)(=O)N1CCN(Cc2cc(C)no2)CC1. The number of unbranched alkanes of at least 4 members (excludes halogenated alkanes) is 1. The van der Waals surface area contributed by atoms with Crippen LogP contribution in [0.4, 0.5) is 0 Å². The molecule has 1 fully saturated rings. The summed E-state index contributed by atoms with van der Waals surface area (Å²) in [6, 6.07) is 1.92. The first-order valence-corrected chi connectivity index (χ1v) is 9.19. The van der Waals surface area contributed by atoms with Gasteiger partial charge in [-0.15, -0.1) is 0 Å². The van der Waals surface area contributed by atoms with Crippen LogP contribution in [0.15, 0.2) is 10.6 Å². The predicted octanol–water partition coefficient (Wildman–Crippen LogP) is 1.08. The quantitative estimate of drug-likeness (QED) is 0.748. The zero-order chi connectivity index (χ0) is 16.2. The van der Waals surface area contributed by atoms with Gasteiger partial charge < -0.3 is 4.52 Å². The van der Waals surface area contributed by atoms with Gasteiger partial charge in [-0.05, 0) is 13.3 Å². The molecular weight excluding hydrogens is 304 g/mol.